The van der Waals surface area contributed by atoms with Gasteiger partial charge in [-0.1, -0.05) is 0 Å². The van der Waals surface area contributed by atoms with Crippen molar-refractivity contribution in [3.8, 4) is 11.6 Å². The van der Waals surface area contributed by atoms with E-state index < -0.39 is 15.8 Å². The van der Waals surface area contributed by atoms with E-state index in [1.165, 1.54) is 23.5 Å². The molecule has 0 saturated carbocycles. The fourth-order valence-electron chi connectivity index (χ4n) is 3.23. The largest absolute Gasteiger partial charge is 0.494 e. The summed E-state index contributed by atoms with van der Waals surface area (Å²) >= 11 is 0. The Hall–Kier alpha value is -2.98. The number of piperazine rings is 1. The van der Waals surface area contributed by atoms with Gasteiger partial charge in [0.2, 0.25) is 10.0 Å². The van der Waals surface area contributed by atoms with Crippen molar-refractivity contribution in [2.75, 3.05) is 38.2 Å². The topological polar surface area (TPSA) is 80.6 Å². The molecule has 1 aliphatic heterocycles. The Balaban J connectivity index is 1.44. The van der Waals surface area contributed by atoms with Crippen LogP contribution in [0.1, 0.15) is 0 Å². The normalized spacial score (nSPS) is 15.4. The first-order chi connectivity index (χ1) is 14.0. The Morgan fingerprint density at radius 3 is 2.21 bits per heavy atom. The molecule has 29 heavy (non-hydrogen) atoms. The van der Waals surface area contributed by atoms with Crippen LogP contribution in [0.15, 0.2) is 59.8 Å². The number of hydrogen-bond acceptors (Lipinski definition) is 6. The number of rotatable bonds is 5. The lowest BCUT2D eigenvalue weighted by molar-refractivity contribution is 0.379. The smallest absolute Gasteiger partial charge is 0.243 e. The molecular weight excluding hydrogens is 397 g/mol. The average molecular weight is 417 g/mol. The van der Waals surface area contributed by atoms with Crippen LogP contribution in [0, 0.1) is 5.82 Å². The van der Waals surface area contributed by atoms with Gasteiger partial charge in [-0.05, 0) is 42.5 Å². The summed E-state index contributed by atoms with van der Waals surface area (Å²) in [6.07, 6.45) is 3.77. The number of nitrogens with zero attached hydrogens (tertiary/aromatic N) is 5. The molecule has 0 N–H and O–H groups in total. The maximum absolute atomic E-state index is 13.9. The predicted octanol–water partition coefficient (Wildman–Crippen LogP) is 1.93. The van der Waals surface area contributed by atoms with E-state index in [9.17, 15) is 12.8 Å². The van der Waals surface area contributed by atoms with Crippen molar-refractivity contribution >= 4 is 15.8 Å². The van der Waals surface area contributed by atoms with Crippen LogP contribution in [0.4, 0.5) is 10.2 Å². The van der Waals surface area contributed by atoms with Crippen LogP contribution in [0.5, 0.6) is 5.75 Å². The van der Waals surface area contributed by atoms with Crippen LogP contribution in [0.2, 0.25) is 0 Å². The van der Waals surface area contributed by atoms with Gasteiger partial charge in [0.1, 0.15) is 0 Å². The average Bonchev–Trinajstić information content (AvgIpc) is 3.29. The van der Waals surface area contributed by atoms with Crippen molar-refractivity contribution < 1.29 is 17.5 Å². The van der Waals surface area contributed by atoms with Gasteiger partial charge < -0.3 is 14.2 Å². The summed E-state index contributed by atoms with van der Waals surface area (Å²) in [5, 5.41) is 8.48. The molecule has 10 heteroatoms. The molecular formula is C19H20FN5O3S. The molecule has 4 rings (SSSR count). The molecule has 0 radical (unpaired) electrons. The summed E-state index contributed by atoms with van der Waals surface area (Å²) in [4.78, 5) is 1.90. The van der Waals surface area contributed by atoms with Crippen molar-refractivity contribution in [3.63, 3.8) is 0 Å². The second-order valence-corrected chi connectivity index (χ2v) is 8.47. The number of aromatic nitrogens is 3. The third kappa shape index (κ3) is 3.81. The summed E-state index contributed by atoms with van der Waals surface area (Å²) in [7, 11) is -2.45. The van der Waals surface area contributed by atoms with Gasteiger partial charge in [-0.25, -0.2) is 12.8 Å². The SMILES string of the molecule is COc1ccc(S(=O)(=O)N2CCN(c3ccc(-n4cccc4)nn3)CC2)cc1F. The fraction of sp³-hybridized carbons (Fsp3) is 0.263. The van der Waals surface area contributed by atoms with Crippen LogP contribution in [-0.4, -0.2) is 60.8 Å². The van der Waals surface area contributed by atoms with E-state index in [0.717, 1.165) is 6.07 Å². The highest BCUT2D eigenvalue weighted by molar-refractivity contribution is 7.89. The highest BCUT2D eigenvalue weighted by atomic mass is 32.2. The van der Waals surface area contributed by atoms with Crippen molar-refractivity contribution in [1.82, 2.24) is 19.1 Å². The van der Waals surface area contributed by atoms with Gasteiger partial charge in [-0.2, -0.15) is 4.31 Å². The van der Waals surface area contributed by atoms with E-state index in [1.54, 1.807) is 0 Å². The van der Waals surface area contributed by atoms with Gasteiger partial charge in [0.15, 0.2) is 23.2 Å². The molecule has 8 nitrogen and oxygen atoms in total. The molecule has 3 heterocycles. The quantitative estimate of drug-likeness (QED) is 0.631. The van der Waals surface area contributed by atoms with Crippen LogP contribution in [-0.2, 0) is 10.0 Å². The Kier molecular flexibility index (Phi) is 5.20. The summed E-state index contributed by atoms with van der Waals surface area (Å²) < 4.78 is 47.6. The van der Waals surface area contributed by atoms with Crippen LogP contribution < -0.4 is 9.64 Å². The van der Waals surface area contributed by atoms with Gasteiger partial charge in [-0.3, -0.25) is 0 Å². The number of ether oxygens (including phenoxy) is 1. The van der Waals surface area contributed by atoms with Crippen LogP contribution >= 0.6 is 0 Å². The minimum Gasteiger partial charge on any atom is -0.494 e. The molecule has 1 aliphatic rings. The number of sulfonamides is 1. The Morgan fingerprint density at radius 1 is 0.966 bits per heavy atom. The molecule has 0 amide bonds. The molecule has 1 saturated heterocycles. The van der Waals surface area contributed by atoms with Gasteiger partial charge >= 0.3 is 0 Å². The van der Waals surface area contributed by atoms with Crippen LogP contribution in [0.25, 0.3) is 5.82 Å². The third-order valence-corrected chi connectivity index (χ3v) is 6.72. The van der Waals surface area contributed by atoms with Crippen molar-refractivity contribution in [3.05, 3.63) is 60.7 Å². The second kappa shape index (κ2) is 7.80. The van der Waals surface area contributed by atoms with Crippen molar-refractivity contribution in [2.24, 2.45) is 0 Å². The Labute approximate surface area is 168 Å². The number of methoxy groups -OCH3 is 1. The molecule has 0 aliphatic carbocycles. The maximum Gasteiger partial charge on any atom is 0.243 e. The highest BCUT2D eigenvalue weighted by Crippen LogP contribution is 2.24. The first-order valence-electron chi connectivity index (χ1n) is 9.05. The first kappa shape index (κ1) is 19.3. The second-order valence-electron chi connectivity index (χ2n) is 6.53. The standard InChI is InChI=1S/C19H20FN5O3S/c1-28-17-5-4-15(14-16(17)20)29(26,27)25-12-10-24(11-13-25)19-7-6-18(21-22-19)23-8-2-3-9-23/h2-9,14H,10-13H2,1H3. The third-order valence-electron chi connectivity index (χ3n) is 4.83. The minimum absolute atomic E-state index is 0.00991. The van der Waals surface area contributed by atoms with E-state index in [4.69, 9.17) is 4.74 Å². The molecule has 0 bridgehead atoms. The molecule has 1 aromatic carbocycles. The molecule has 1 fully saturated rings. The zero-order chi connectivity index (χ0) is 20.4. The van der Waals surface area contributed by atoms with E-state index in [1.807, 2.05) is 46.1 Å². The van der Waals surface area contributed by atoms with Gasteiger partial charge in [-0.15, -0.1) is 10.2 Å². The maximum atomic E-state index is 13.9. The zero-order valence-electron chi connectivity index (χ0n) is 15.8. The summed E-state index contributed by atoms with van der Waals surface area (Å²) in [5.74, 6) is 0.705. The molecule has 2 aromatic heterocycles. The zero-order valence-corrected chi connectivity index (χ0v) is 16.6. The monoisotopic (exact) mass is 417 g/mol. The first-order valence-corrected chi connectivity index (χ1v) is 10.5. The predicted molar refractivity (Wildman–Crippen MR) is 105 cm³/mol. The van der Waals surface area contributed by atoms with Crippen LogP contribution in [0.3, 0.4) is 0 Å². The van der Waals surface area contributed by atoms with Crippen molar-refractivity contribution in [1.29, 1.82) is 0 Å². The van der Waals surface area contributed by atoms with Gasteiger partial charge in [0.25, 0.3) is 0 Å². The number of hydrogen-bond donors (Lipinski definition) is 0. The number of benzene rings is 1. The van der Waals surface area contributed by atoms with Crippen molar-refractivity contribution in [2.45, 2.75) is 4.90 Å². The van der Waals surface area contributed by atoms with Gasteiger partial charge in [0.05, 0.1) is 12.0 Å². The molecule has 0 atom stereocenters. The fourth-order valence-corrected chi connectivity index (χ4v) is 4.66. The molecule has 0 unspecified atom stereocenters. The molecule has 3 aromatic rings. The van der Waals surface area contributed by atoms with E-state index in [0.29, 0.717) is 24.7 Å². The van der Waals surface area contributed by atoms with E-state index in [-0.39, 0.29) is 23.7 Å². The lowest BCUT2D eigenvalue weighted by Gasteiger charge is -2.34. The number of halogens is 1. The summed E-state index contributed by atoms with van der Waals surface area (Å²) in [6, 6.07) is 11.2. The summed E-state index contributed by atoms with van der Waals surface area (Å²) in [5.41, 5.74) is 0. The molecule has 0 spiro atoms. The Morgan fingerprint density at radius 2 is 1.62 bits per heavy atom. The lowest BCUT2D eigenvalue weighted by Crippen LogP contribution is -2.49. The highest BCUT2D eigenvalue weighted by Gasteiger charge is 2.29. The summed E-state index contributed by atoms with van der Waals surface area (Å²) in [6.45, 7) is 1.48. The Bertz CT molecular complexity index is 1080. The van der Waals surface area contributed by atoms with E-state index >= 15 is 0 Å². The lowest BCUT2D eigenvalue weighted by atomic mass is 10.3. The van der Waals surface area contributed by atoms with E-state index in [2.05, 4.69) is 10.2 Å². The number of anilines is 1. The van der Waals surface area contributed by atoms with Gasteiger partial charge in [0, 0.05) is 38.6 Å². The minimum atomic E-state index is -3.78. The molecule has 152 valence electrons.